The first-order valence-electron chi connectivity index (χ1n) is 8.27. The summed E-state index contributed by atoms with van der Waals surface area (Å²) in [5.74, 6) is 0. The molecule has 0 fully saturated rings. The number of azo groups is 1. The van der Waals surface area contributed by atoms with Gasteiger partial charge in [0.1, 0.15) is 11.4 Å². The predicted octanol–water partition coefficient (Wildman–Crippen LogP) is 2.25. The normalized spacial score (nSPS) is 10.8. The number of halogens is 1. The highest BCUT2D eigenvalue weighted by Gasteiger charge is 2.15. The van der Waals surface area contributed by atoms with Crippen LogP contribution in [0.1, 0.15) is 16.1 Å². The zero-order valence-electron chi connectivity index (χ0n) is 15.5. The van der Waals surface area contributed by atoms with Crippen molar-refractivity contribution >= 4 is 27.8 Å². The van der Waals surface area contributed by atoms with Crippen molar-refractivity contribution in [3.8, 4) is 0 Å². The van der Waals surface area contributed by atoms with E-state index < -0.39 is 0 Å². The Morgan fingerprint density at radius 2 is 1.62 bits per heavy atom. The number of thiazole rings is 1. The summed E-state index contributed by atoms with van der Waals surface area (Å²) in [6.45, 7) is 5.09. The van der Waals surface area contributed by atoms with E-state index >= 15 is 0 Å². The fraction of sp³-hybridized carbons (Fsp3) is 0.250. The molecule has 0 N–H and O–H groups in total. The molecule has 0 spiro atoms. The van der Waals surface area contributed by atoms with Gasteiger partial charge in [-0.1, -0.05) is 30.3 Å². The summed E-state index contributed by atoms with van der Waals surface area (Å²) in [5, 5.41) is 9.68. The molecule has 0 amide bonds. The molecular weight excluding hydrogens is 364 g/mol. The SMILES string of the molecule is Cc1sc(/N=N/c2ccc(N(C)Cc3ccccc3)cc2)[n+](C)c1C.[Cl-]. The first kappa shape index (κ1) is 20.1. The molecule has 0 aliphatic heterocycles. The van der Waals surface area contributed by atoms with Gasteiger partial charge < -0.3 is 17.3 Å². The van der Waals surface area contributed by atoms with Gasteiger partial charge in [-0.2, -0.15) is 0 Å². The van der Waals surface area contributed by atoms with Crippen molar-refractivity contribution in [1.29, 1.82) is 0 Å². The molecule has 0 unspecified atom stereocenters. The molecule has 0 bridgehead atoms. The molecule has 0 saturated heterocycles. The number of nitrogens with zero attached hydrogens (tertiary/aromatic N) is 4. The second-order valence-electron chi connectivity index (χ2n) is 6.14. The Morgan fingerprint density at radius 1 is 0.962 bits per heavy atom. The smallest absolute Gasteiger partial charge is 0.408 e. The second kappa shape index (κ2) is 8.92. The molecule has 1 aromatic heterocycles. The van der Waals surface area contributed by atoms with Crippen LogP contribution in [0.3, 0.4) is 0 Å². The van der Waals surface area contributed by atoms with E-state index in [2.05, 4.69) is 77.0 Å². The van der Waals surface area contributed by atoms with Gasteiger partial charge in [-0.15, -0.1) is 0 Å². The summed E-state index contributed by atoms with van der Waals surface area (Å²) in [4.78, 5) is 3.50. The van der Waals surface area contributed by atoms with E-state index in [0.717, 1.165) is 23.1 Å². The topological polar surface area (TPSA) is 31.8 Å². The molecule has 2 aromatic carbocycles. The summed E-state index contributed by atoms with van der Waals surface area (Å²) in [7, 11) is 4.12. The van der Waals surface area contributed by atoms with Crippen LogP contribution in [0.5, 0.6) is 0 Å². The number of hydrogen-bond donors (Lipinski definition) is 0. The molecule has 6 heteroatoms. The number of anilines is 1. The van der Waals surface area contributed by atoms with Crippen LogP contribution in [0.25, 0.3) is 0 Å². The lowest BCUT2D eigenvalue weighted by molar-refractivity contribution is -0.660. The fourth-order valence-corrected chi connectivity index (χ4v) is 3.48. The summed E-state index contributed by atoms with van der Waals surface area (Å²) in [6.07, 6.45) is 0. The average Bonchev–Trinajstić information content (AvgIpc) is 2.88. The zero-order chi connectivity index (χ0) is 17.8. The Bertz CT molecular complexity index is 873. The minimum Gasteiger partial charge on any atom is -1.00 e. The van der Waals surface area contributed by atoms with Crippen molar-refractivity contribution < 1.29 is 17.0 Å². The number of aromatic nitrogens is 1. The minimum atomic E-state index is 0. The summed E-state index contributed by atoms with van der Waals surface area (Å²) < 4.78 is 2.07. The highest BCUT2D eigenvalue weighted by atomic mass is 35.5. The third-order valence-corrected chi connectivity index (χ3v) is 5.49. The van der Waals surface area contributed by atoms with Gasteiger partial charge in [-0.3, -0.25) is 0 Å². The van der Waals surface area contributed by atoms with E-state index in [4.69, 9.17) is 0 Å². The van der Waals surface area contributed by atoms with Gasteiger partial charge in [0.15, 0.2) is 0 Å². The first-order valence-corrected chi connectivity index (χ1v) is 9.09. The molecule has 0 aliphatic carbocycles. The maximum Gasteiger partial charge on any atom is 0.408 e. The van der Waals surface area contributed by atoms with Crippen molar-refractivity contribution in [3.63, 3.8) is 0 Å². The van der Waals surface area contributed by atoms with Gasteiger partial charge in [-0.25, -0.2) is 4.57 Å². The molecule has 136 valence electrons. The van der Waals surface area contributed by atoms with E-state index in [1.54, 1.807) is 11.3 Å². The maximum absolute atomic E-state index is 4.39. The van der Waals surface area contributed by atoms with E-state index in [1.807, 2.05) is 25.2 Å². The van der Waals surface area contributed by atoms with E-state index in [9.17, 15) is 0 Å². The molecule has 1 heterocycles. The number of rotatable bonds is 5. The molecule has 0 radical (unpaired) electrons. The monoisotopic (exact) mass is 386 g/mol. The highest BCUT2D eigenvalue weighted by molar-refractivity contribution is 7.14. The number of hydrogen-bond acceptors (Lipinski definition) is 4. The zero-order valence-corrected chi connectivity index (χ0v) is 17.1. The Hall–Kier alpha value is -2.24. The van der Waals surface area contributed by atoms with E-state index in [-0.39, 0.29) is 12.4 Å². The molecule has 3 aromatic rings. The lowest BCUT2D eigenvalue weighted by Crippen LogP contribution is -3.00. The number of aryl methyl sites for hydroxylation is 1. The van der Waals surface area contributed by atoms with Gasteiger partial charge in [0.05, 0.1) is 17.0 Å². The Balaban J connectivity index is 0.00000243. The fourth-order valence-electron chi connectivity index (χ4n) is 2.57. The summed E-state index contributed by atoms with van der Waals surface area (Å²) >= 11 is 1.66. The van der Waals surface area contributed by atoms with Crippen molar-refractivity contribution in [1.82, 2.24) is 0 Å². The van der Waals surface area contributed by atoms with Crippen molar-refractivity contribution in [3.05, 3.63) is 70.7 Å². The standard InChI is InChI=1S/C20H23N4S.ClH/c1-15-16(2)25-20(24(15)4)22-21-18-10-12-19(13-11-18)23(3)14-17-8-6-5-7-9-17;/h5-13H,14H2,1-4H3;1H/q+1;/p-1. The van der Waals surface area contributed by atoms with Gasteiger partial charge >= 0.3 is 5.13 Å². The van der Waals surface area contributed by atoms with Crippen molar-refractivity contribution in [2.24, 2.45) is 17.3 Å². The average molecular weight is 387 g/mol. The van der Waals surface area contributed by atoms with Crippen LogP contribution in [0, 0.1) is 13.8 Å². The van der Waals surface area contributed by atoms with Crippen LogP contribution in [0.2, 0.25) is 0 Å². The number of benzene rings is 2. The Kier molecular flexibility index (Phi) is 6.89. The molecule has 0 aliphatic rings. The predicted molar refractivity (Wildman–Crippen MR) is 104 cm³/mol. The third kappa shape index (κ3) is 4.68. The van der Waals surface area contributed by atoms with Gasteiger partial charge in [0, 0.05) is 19.3 Å². The molecular formula is C20H23ClN4S. The molecule has 3 rings (SSSR count). The van der Waals surface area contributed by atoms with Gasteiger partial charge in [0.2, 0.25) is 0 Å². The first-order chi connectivity index (χ1) is 12.0. The largest absolute Gasteiger partial charge is 1.00 e. The van der Waals surface area contributed by atoms with Crippen molar-refractivity contribution in [2.75, 3.05) is 11.9 Å². The van der Waals surface area contributed by atoms with Crippen LogP contribution < -0.4 is 21.9 Å². The van der Waals surface area contributed by atoms with Crippen LogP contribution in [0.4, 0.5) is 16.5 Å². The lowest BCUT2D eigenvalue weighted by atomic mass is 10.2. The highest BCUT2D eigenvalue weighted by Crippen LogP contribution is 2.25. The molecule has 0 saturated carbocycles. The maximum atomic E-state index is 4.39. The van der Waals surface area contributed by atoms with Crippen LogP contribution >= 0.6 is 11.3 Å². The van der Waals surface area contributed by atoms with E-state index in [0.29, 0.717) is 0 Å². The summed E-state index contributed by atoms with van der Waals surface area (Å²) in [6, 6.07) is 18.7. The second-order valence-corrected chi connectivity index (χ2v) is 7.32. The quantitative estimate of drug-likeness (QED) is 0.489. The summed E-state index contributed by atoms with van der Waals surface area (Å²) in [5.41, 5.74) is 4.55. The van der Waals surface area contributed by atoms with Crippen LogP contribution in [-0.4, -0.2) is 7.05 Å². The van der Waals surface area contributed by atoms with Crippen LogP contribution in [0.15, 0.2) is 64.8 Å². The third-order valence-electron chi connectivity index (χ3n) is 4.35. The molecule has 0 atom stereocenters. The Morgan fingerprint density at radius 3 is 2.19 bits per heavy atom. The Labute approximate surface area is 165 Å². The molecule has 4 nitrogen and oxygen atoms in total. The lowest BCUT2D eigenvalue weighted by Gasteiger charge is -2.19. The minimum absolute atomic E-state index is 0. The molecule has 26 heavy (non-hydrogen) atoms. The van der Waals surface area contributed by atoms with Crippen molar-refractivity contribution in [2.45, 2.75) is 20.4 Å². The van der Waals surface area contributed by atoms with Crippen LogP contribution in [-0.2, 0) is 13.6 Å². The van der Waals surface area contributed by atoms with E-state index in [1.165, 1.54) is 16.1 Å². The van der Waals surface area contributed by atoms with Gasteiger partial charge in [-0.05, 0) is 60.1 Å². The van der Waals surface area contributed by atoms with Gasteiger partial charge in [0.25, 0.3) is 0 Å².